The summed E-state index contributed by atoms with van der Waals surface area (Å²) >= 11 is 0. The van der Waals surface area contributed by atoms with Crippen LogP contribution in [-0.4, -0.2) is 15.1 Å². The summed E-state index contributed by atoms with van der Waals surface area (Å²) in [6.07, 6.45) is -3.85. The Bertz CT molecular complexity index is 575. The predicted octanol–water partition coefficient (Wildman–Crippen LogP) is 3.00. The quantitative estimate of drug-likeness (QED) is 0.664. The number of rotatable bonds is 2. The van der Waals surface area contributed by atoms with E-state index in [2.05, 4.69) is 10.2 Å². The van der Waals surface area contributed by atoms with Crippen molar-refractivity contribution in [3.8, 4) is 11.3 Å². The number of nitro benzene ring substituents is 1. The summed E-state index contributed by atoms with van der Waals surface area (Å²) in [5.41, 5.74) is -1.12. The van der Waals surface area contributed by atoms with Gasteiger partial charge < -0.3 is 0 Å². The summed E-state index contributed by atoms with van der Waals surface area (Å²) in [7, 11) is 0. The number of halogens is 3. The van der Waals surface area contributed by atoms with Crippen LogP contribution < -0.4 is 0 Å². The number of alkyl halides is 3. The Kier molecular flexibility index (Phi) is 2.77. The molecule has 8 heteroatoms. The van der Waals surface area contributed by atoms with E-state index >= 15 is 0 Å². The molecular weight excluding hydrogens is 251 g/mol. The molecule has 0 aliphatic rings. The average Bonchev–Trinajstić information content (AvgIpc) is 2.77. The molecule has 0 bridgehead atoms. The molecule has 1 aromatic carbocycles. The second-order valence-electron chi connectivity index (χ2n) is 3.46. The fraction of sp³-hybridized carbons (Fsp3) is 0.100. The zero-order valence-electron chi connectivity index (χ0n) is 8.73. The Morgan fingerprint density at radius 3 is 2.33 bits per heavy atom. The number of nitro groups is 1. The van der Waals surface area contributed by atoms with Crippen LogP contribution in [0.4, 0.5) is 18.9 Å². The largest absolute Gasteiger partial charge is 0.420 e. The molecule has 0 spiro atoms. The van der Waals surface area contributed by atoms with Crippen LogP contribution in [0.1, 0.15) is 5.56 Å². The zero-order valence-corrected chi connectivity index (χ0v) is 8.73. The van der Waals surface area contributed by atoms with Gasteiger partial charge in [-0.05, 0) is 12.1 Å². The van der Waals surface area contributed by atoms with Crippen molar-refractivity contribution in [2.75, 3.05) is 0 Å². The number of hydrogen-bond acceptors (Lipinski definition) is 3. The van der Waals surface area contributed by atoms with E-state index in [0.717, 1.165) is 12.1 Å². The minimum absolute atomic E-state index is 0.186. The minimum Gasteiger partial charge on any atom is -0.277 e. The van der Waals surface area contributed by atoms with Crippen molar-refractivity contribution in [1.29, 1.82) is 0 Å². The van der Waals surface area contributed by atoms with E-state index in [4.69, 9.17) is 0 Å². The molecule has 0 radical (unpaired) electrons. The highest BCUT2D eigenvalue weighted by atomic mass is 19.4. The molecule has 1 aromatic heterocycles. The lowest BCUT2D eigenvalue weighted by Crippen LogP contribution is -2.05. The molecule has 0 saturated carbocycles. The van der Waals surface area contributed by atoms with Crippen molar-refractivity contribution in [2.24, 2.45) is 0 Å². The number of non-ortho nitro benzene ring substituents is 1. The van der Waals surface area contributed by atoms with Crippen molar-refractivity contribution in [3.63, 3.8) is 0 Å². The maximum absolute atomic E-state index is 12.6. The first kappa shape index (κ1) is 12.1. The van der Waals surface area contributed by atoms with Gasteiger partial charge in [-0.15, -0.1) is 0 Å². The van der Waals surface area contributed by atoms with Crippen molar-refractivity contribution < 1.29 is 18.1 Å². The van der Waals surface area contributed by atoms with E-state index in [1.165, 1.54) is 12.1 Å². The SMILES string of the molecule is O=[N+]([O-])c1ccc(-c2[nH]ncc2C(F)(F)F)cc1. The zero-order chi connectivity index (χ0) is 13.3. The van der Waals surface area contributed by atoms with Crippen LogP contribution in [0, 0.1) is 10.1 Å². The van der Waals surface area contributed by atoms with E-state index in [-0.39, 0.29) is 16.9 Å². The molecule has 0 fully saturated rings. The number of aromatic nitrogens is 2. The van der Waals surface area contributed by atoms with Gasteiger partial charge in [0.2, 0.25) is 0 Å². The molecule has 1 heterocycles. The van der Waals surface area contributed by atoms with Crippen molar-refractivity contribution >= 4 is 5.69 Å². The Morgan fingerprint density at radius 1 is 1.22 bits per heavy atom. The van der Waals surface area contributed by atoms with Gasteiger partial charge in [-0.25, -0.2) is 0 Å². The molecule has 0 atom stereocenters. The van der Waals surface area contributed by atoms with Gasteiger partial charge in [0.15, 0.2) is 0 Å². The summed E-state index contributed by atoms with van der Waals surface area (Å²) in [5.74, 6) is 0. The molecule has 0 aliphatic carbocycles. The van der Waals surface area contributed by atoms with Crippen molar-refractivity contribution in [3.05, 3.63) is 46.1 Å². The monoisotopic (exact) mass is 257 g/mol. The lowest BCUT2D eigenvalue weighted by Gasteiger charge is -2.06. The number of benzene rings is 1. The summed E-state index contributed by atoms with van der Waals surface area (Å²) in [5, 5.41) is 16.0. The third-order valence-corrected chi connectivity index (χ3v) is 2.31. The Labute approximate surface area is 98.4 Å². The maximum atomic E-state index is 12.6. The molecule has 1 N–H and O–H groups in total. The van der Waals surface area contributed by atoms with Crippen LogP contribution in [-0.2, 0) is 6.18 Å². The van der Waals surface area contributed by atoms with Gasteiger partial charge in [0.05, 0.1) is 16.8 Å². The molecule has 0 saturated heterocycles. The number of nitrogens with one attached hydrogen (secondary N) is 1. The van der Waals surface area contributed by atoms with Gasteiger partial charge in [0, 0.05) is 17.7 Å². The highest BCUT2D eigenvalue weighted by molar-refractivity contribution is 5.64. The maximum Gasteiger partial charge on any atom is 0.420 e. The lowest BCUT2D eigenvalue weighted by atomic mass is 10.1. The first-order chi connectivity index (χ1) is 8.39. The highest BCUT2D eigenvalue weighted by Crippen LogP contribution is 2.35. The normalized spacial score (nSPS) is 11.5. The Balaban J connectivity index is 2.44. The molecule has 18 heavy (non-hydrogen) atoms. The second kappa shape index (κ2) is 4.13. The molecule has 0 amide bonds. The van der Waals surface area contributed by atoms with E-state index in [1.54, 1.807) is 0 Å². The summed E-state index contributed by atoms with van der Waals surface area (Å²) in [6.45, 7) is 0. The van der Waals surface area contributed by atoms with Gasteiger partial charge in [-0.3, -0.25) is 15.2 Å². The third-order valence-electron chi connectivity index (χ3n) is 2.31. The summed E-state index contributed by atoms with van der Waals surface area (Å²) in [6, 6.07) is 4.74. The first-order valence-corrected chi connectivity index (χ1v) is 4.75. The molecule has 2 aromatic rings. The molecule has 0 unspecified atom stereocenters. The van der Waals surface area contributed by atoms with Crippen molar-refractivity contribution in [2.45, 2.75) is 6.18 Å². The topological polar surface area (TPSA) is 71.8 Å². The van der Waals surface area contributed by atoms with Crippen molar-refractivity contribution in [1.82, 2.24) is 10.2 Å². The highest BCUT2D eigenvalue weighted by Gasteiger charge is 2.35. The third kappa shape index (κ3) is 2.17. The van der Waals surface area contributed by atoms with E-state index in [9.17, 15) is 23.3 Å². The average molecular weight is 257 g/mol. The minimum atomic E-state index is -4.52. The second-order valence-corrected chi connectivity index (χ2v) is 3.46. The van der Waals surface area contributed by atoms with Crippen LogP contribution in [0.25, 0.3) is 11.3 Å². The summed E-state index contributed by atoms with van der Waals surface area (Å²) in [4.78, 5) is 9.81. The van der Waals surface area contributed by atoms with Crippen LogP contribution in [0.2, 0.25) is 0 Å². The Hall–Kier alpha value is -2.38. The fourth-order valence-electron chi connectivity index (χ4n) is 1.47. The number of aromatic amines is 1. The number of hydrogen-bond donors (Lipinski definition) is 1. The number of nitrogens with zero attached hydrogens (tertiary/aromatic N) is 2. The Morgan fingerprint density at radius 2 is 1.83 bits per heavy atom. The lowest BCUT2D eigenvalue weighted by molar-refractivity contribution is -0.384. The molecule has 5 nitrogen and oxygen atoms in total. The van der Waals surface area contributed by atoms with Crippen LogP contribution in [0.5, 0.6) is 0 Å². The molecule has 94 valence electrons. The van der Waals surface area contributed by atoms with E-state index in [0.29, 0.717) is 6.20 Å². The smallest absolute Gasteiger partial charge is 0.277 e. The molecule has 0 aliphatic heterocycles. The van der Waals surface area contributed by atoms with Gasteiger partial charge >= 0.3 is 6.18 Å². The standard InChI is InChI=1S/C10H6F3N3O2/c11-10(12,13)8-5-14-15-9(8)6-1-3-7(4-2-6)16(17)18/h1-5H,(H,14,15). The van der Waals surface area contributed by atoms with Crippen LogP contribution in [0.3, 0.4) is 0 Å². The predicted molar refractivity (Wildman–Crippen MR) is 55.7 cm³/mol. The molecule has 2 rings (SSSR count). The van der Waals surface area contributed by atoms with Gasteiger partial charge in [-0.2, -0.15) is 18.3 Å². The number of H-pyrrole nitrogens is 1. The van der Waals surface area contributed by atoms with Gasteiger partial charge in [0.1, 0.15) is 5.56 Å². The summed E-state index contributed by atoms with van der Waals surface area (Å²) < 4.78 is 37.8. The van der Waals surface area contributed by atoms with E-state index in [1.807, 2.05) is 0 Å². The van der Waals surface area contributed by atoms with Gasteiger partial charge in [-0.1, -0.05) is 0 Å². The molecular formula is C10H6F3N3O2. The van der Waals surface area contributed by atoms with Crippen LogP contribution in [0.15, 0.2) is 30.5 Å². The van der Waals surface area contributed by atoms with Crippen LogP contribution >= 0.6 is 0 Å². The van der Waals surface area contributed by atoms with Gasteiger partial charge in [0.25, 0.3) is 5.69 Å². The van der Waals surface area contributed by atoms with E-state index < -0.39 is 16.7 Å². The fourth-order valence-corrected chi connectivity index (χ4v) is 1.47. The first-order valence-electron chi connectivity index (χ1n) is 4.75.